The average Bonchev–Trinajstić information content (AvgIpc) is 3.49. The molecule has 6 heteroatoms. The molecule has 4 rings (SSSR count). The van der Waals surface area contributed by atoms with Crippen LogP contribution in [0, 0.1) is 5.92 Å². The summed E-state index contributed by atoms with van der Waals surface area (Å²) < 4.78 is 0. The zero-order valence-electron chi connectivity index (χ0n) is 14.3. The largest absolute Gasteiger partial charge is 0.506 e. The maximum absolute atomic E-state index is 12.9. The average molecular weight is 381 g/mol. The van der Waals surface area contributed by atoms with Crippen LogP contribution in [0.1, 0.15) is 23.2 Å². The Bertz CT molecular complexity index is 1060. The number of rotatable bonds is 4. The summed E-state index contributed by atoms with van der Waals surface area (Å²) in [6.07, 6.45) is 1.74. The second-order valence-electron chi connectivity index (χ2n) is 6.62. The van der Waals surface area contributed by atoms with Gasteiger partial charge in [-0.3, -0.25) is 9.59 Å². The van der Waals surface area contributed by atoms with Gasteiger partial charge in [-0.15, -0.1) is 0 Å². The van der Waals surface area contributed by atoms with Gasteiger partial charge in [-0.05, 0) is 53.9 Å². The Morgan fingerprint density at radius 3 is 2.33 bits per heavy atom. The maximum atomic E-state index is 12.9. The number of benzene rings is 3. The number of halogens is 1. The molecule has 3 aromatic carbocycles. The fourth-order valence-electron chi connectivity index (χ4n) is 2.91. The number of carbonyl (C=O) groups is 2. The molecule has 136 valence electrons. The first-order chi connectivity index (χ1) is 13.0. The Labute approximate surface area is 161 Å². The van der Waals surface area contributed by atoms with Crippen molar-refractivity contribution < 1.29 is 14.7 Å². The minimum Gasteiger partial charge on any atom is -0.506 e. The third-order valence-electron chi connectivity index (χ3n) is 4.54. The minimum atomic E-state index is -0.440. The SMILES string of the molecule is O=C(Nc1cc(Cl)ccc1O)c1cc2ccccc2cc1NC(=O)C1CC1. The monoisotopic (exact) mass is 380 g/mol. The molecule has 1 fully saturated rings. The molecular formula is C21H17ClN2O3. The van der Waals surface area contributed by atoms with E-state index < -0.39 is 5.91 Å². The smallest absolute Gasteiger partial charge is 0.257 e. The van der Waals surface area contributed by atoms with Crippen LogP contribution >= 0.6 is 11.6 Å². The first kappa shape index (κ1) is 17.4. The highest BCUT2D eigenvalue weighted by Gasteiger charge is 2.30. The molecule has 0 bridgehead atoms. The molecule has 0 heterocycles. The van der Waals surface area contributed by atoms with Crippen molar-refractivity contribution in [1.29, 1.82) is 0 Å². The van der Waals surface area contributed by atoms with E-state index >= 15 is 0 Å². The summed E-state index contributed by atoms with van der Waals surface area (Å²) in [5, 5.41) is 17.7. The van der Waals surface area contributed by atoms with Crippen molar-refractivity contribution in [1.82, 2.24) is 0 Å². The van der Waals surface area contributed by atoms with Crippen molar-refractivity contribution in [3.63, 3.8) is 0 Å². The highest BCUT2D eigenvalue weighted by molar-refractivity contribution is 6.31. The van der Waals surface area contributed by atoms with Crippen LogP contribution in [0.2, 0.25) is 5.02 Å². The van der Waals surface area contributed by atoms with Gasteiger partial charge in [0.2, 0.25) is 5.91 Å². The van der Waals surface area contributed by atoms with Crippen LogP contribution in [0.25, 0.3) is 10.8 Å². The first-order valence-electron chi connectivity index (χ1n) is 8.65. The third-order valence-corrected chi connectivity index (χ3v) is 4.78. The number of phenolic OH excluding ortho intramolecular Hbond substituents is 1. The fraction of sp³-hybridized carbons (Fsp3) is 0.143. The first-order valence-corrected chi connectivity index (χ1v) is 9.02. The summed E-state index contributed by atoms with van der Waals surface area (Å²) >= 11 is 5.95. The molecule has 27 heavy (non-hydrogen) atoms. The van der Waals surface area contributed by atoms with E-state index in [1.165, 1.54) is 18.2 Å². The maximum Gasteiger partial charge on any atom is 0.257 e. The Hall–Kier alpha value is -3.05. The third kappa shape index (κ3) is 3.73. The van der Waals surface area contributed by atoms with Gasteiger partial charge in [0.25, 0.3) is 5.91 Å². The zero-order valence-corrected chi connectivity index (χ0v) is 15.1. The lowest BCUT2D eigenvalue weighted by Gasteiger charge is -2.14. The van der Waals surface area contributed by atoms with E-state index in [0.29, 0.717) is 16.3 Å². The van der Waals surface area contributed by atoms with E-state index in [-0.39, 0.29) is 23.3 Å². The Kier molecular flexibility index (Phi) is 4.46. The molecule has 2 amide bonds. The zero-order chi connectivity index (χ0) is 19.0. The van der Waals surface area contributed by atoms with Crippen LogP contribution in [0.15, 0.2) is 54.6 Å². The fourth-order valence-corrected chi connectivity index (χ4v) is 3.08. The van der Waals surface area contributed by atoms with Gasteiger partial charge in [0, 0.05) is 10.9 Å². The van der Waals surface area contributed by atoms with Crippen LogP contribution in [0.3, 0.4) is 0 Å². The van der Waals surface area contributed by atoms with E-state index in [1.807, 2.05) is 24.3 Å². The summed E-state index contributed by atoms with van der Waals surface area (Å²) in [6, 6.07) is 15.5. The quantitative estimate of drug-likeness (QED) is 0.569. The lowest BCUT2D eigenvalue weighted by atomic mass is 10.0. The molecule has 0 atom stereocenters. The van der Waals surface area contributed by atoms with E-state index in [1.54, 1.807) is 12.1 Å². The van der Waals surface area contributed by atoms with E-state index in [0.717, 1.165) is 23.6 Å². The van der Waals surface area contributed by atoms with Crippen molar-refractivity contribution in [3.8, 4) is 5.75 Å². The molecule has 1 saturated carbocycles. The number of phenols is 1. The molecule has 0 radical (unpaired) electrons. The molecule has 0 unspecified atom stereocenters. The topological polar surface area (TPSA) is 78.4 Å². The van der Waals surface area contributed by atoms with Gasteiger partial charge >= 0.3 is 0 Å². The predicted octanol–water partition coefficient (Wildman–Crippen LogP) is 4.80. The lowest BCUT2D eigenvalue weighted by Crippen LogP contribution is -2.19. The Morgan fingerprint density at radius 1 is 0.926 bits per heavy atom. The predicted molar refractivity (Wildman–Crippen MR) is 106 cm³/mol. The van der Waals surface area contributed by atoms with E-state index in [2.05, 4.69) is 10.6 Å². The van der Waals surface area contributed by atoms with Crippen molar-refractivity contribution in [2.24, 2.45) is 5.92 Å². The number of amides is 2. The number of hydrogen-bond donors (Lipinski definition) is 3. The molecule has 0 saturated heterocycles. The number of aromatic hydroxyl groups is 1. The van der Waals surface area contributed by atoms with Gasteiger partial charge < -0.3 is 15.7 Å². The summed E-state index contributed by atoms with van der Waals surface area (Å²) in [4.78, 5) is 25.1. The highest BCUT2D eigenvalue weighted by atomic mass is 35.5. The van der Waals surface area contributed by atoms with Crippen LogP contribution in [0.5, 0.6) is 5.75 Å². The van der Waals surface area contributed by atoms with Crippen LogP contribution in [0.4, 0.5) is 11.4 Å². The molecule has 5 nitrogen and oxygen atoms in total. The molecule has 0 aliphatic heterocycles. The second kappa shape index (κ2) is 6.93. The molecule has 3 N–H and O–H groups in total. The number of nitrogens with one attached hydrogen (secondary N) is 2. The summed E-state index contributed by atoms with van der Waals surface area (Å²) in [5.74, 6) is -0.587. The van der Waals surface area contributed by atoms with Gasteiger partial charge in [-0.25, -0.2) is 0 Å². The highest BCUT2D eigenvalue weighted by Crippen LogP contribution is 2.33. The van der Waals surface area contributed by atoms with Gasteiger partial charge in [-0.1, -0.05) is 35.9 Å². The van der Waals surface area contributed by atoms with Crippen molar-refractivity contribution in [2.45, 2.75) is 12.8 Å². The van der Waals surface area contributed by atoms with Gasteiger partial charge in [0.05, 0.1) is 16.9 Å². The van der Waals surface area contributed by atoms with Gasteiger partial charge in [0.1, 0.15) is 5.75 Å². The molecule has 0 aromatic heterocycles. The minimum absolute atomic E-state index is 0.0179. The van der Waals surface area contributed by atoms with E-state index in [4.69, 9.17) is 11.6 Å². The standard InChI is InChI=1S/C21H17ClN2O3/c22-15-7-8-19(25)18(11-15)24-21(27)16-9-13-3-1-2-4-14(13)10-17(16)23-20(26)12-5-6-12/h1-4,7-12,25H,5-6H2,(H,23,26)(H,24,27). The van der Waals surface area contributed by atoms with Gasteiger partial charge in [0.15, 0.2) is 0 Å². The Balaban J connectivity index is 1.72. The van der Waals surface area contributed by atoms with Crippen LogP contribution in [-0.4, -0.2) is 16.9 Å². The number of fused-ring (bicyclic) bond motifs is 1. The van der Waals surface area contributed by atoms with Crippen molar-refractivity contribution >= 4 is 45.6 Å². The molecule has 1 aliphatic carbocycles. The summed E-state index contributed by atoms with van der Waals surface area (Å²) in [5.41, 5.74) is 0.979. The molecule has 0 spiro atoms. The summed E-state index contributed by atoms with van der Waals surface area (Å²) in [6.45, 7) is 0. The molecule has 1 aliphatic rings. The van der Waals surface area contributed by atoms with Crippen LogP contribution < -0.4 is 10.6 Å². The number of anilines is 2. The Morgan fingerprint density at radius 2 is 1.63 bits per heavy atom. The van der Waals surface area contributed by atoms with Gasteiger partial charge in [-0.2, -0.15) is 0 Å². The van der Waals surface area contributed by atoms with Crippen molar-refractivity contribution in [3.05, 3.63) is 65.2 Å². The normalized spacial score (nSPS) is 13.4. The molecule has 3 aromatic rings. The second-order valence-corrected chi connectivity index (χ2v) is 7.06. The lowest BCUT2D eigenvalue weighted by molar-refractivity contribution is -0.117. The number of carbonyl (C=O) groups excluding carboxylic acids is 2. The van der Waals surface area contributed by atoms with Crippen molar-refractivity contribution in [2.75, 3.05) is 10.6 Å². The summed E-state index contributed by atoms with van der Waals surface area (Å²) in [7, 11) is 0. The van der Waals surface area contributed by atoms with Crippen LogP contribution in [-0.2, 0) is 4.79 Å². The molecular weight excluding hydrogens is 364 g/mol. The number of hydrogen-bond acceptors (Lipinski definition) is 3. The van der Waals surface area contributed by atoms with E-state index in [9.17, 15) is 14.7 Å².